The average molecular weight is 189 g/mol. The van der Waals surface area contributed by atoms with E-state index in [1.54, 1.807) is 0 Å². The summed E-state index contributed by atoms with van der Waals surface area (Å²) >= 11 is 5.66. The summed E-state index contributed by atoms with van der Waals surface area (Å²) in [6.07, 6.45) is 0. The van der Waals surface area contributed by atoms with Crippen LogP contribution in [0.4, 0.5) is 0 Å². The SMILES string of the molecule is NC(CO)c1ccc(=O)[nH]c1Cl. The molecule has 0 radical (unpaired) electrons. The molecule has 12 heavy (non-hydrogen) atoms. The van der Waals surface area contributed by atoms with Crippen molar-refractivity contribution in [2.75, 3.05) is 6.61 Å². The molecule has 0 aliphatic rings. The molecule has 0 amide bonds. The van der Waals surface area contributed by atoms with Gasteiger partial charge in [-0.3, -0.25) is 4.79 Å². The van der Waals surface area contributed by atoms with E-state index in [4.69, 9.17) is 22.4 Å². The second-order valence-corrected chi connectivity index (χ2v) is 2.76. The van der Waals surface area contributed by atoms with Gasteiger partial charge in [0.1, 0.15) is 5.15 Å². The van der Waals surface area contributed by atoms with Crippen LogP contribution in [0.25, 0.3) is 0 Å². The molecule has 1 unspecified atom stereocenters. The number of nitrogens with two attached hydrogens (primary N) is 1. The Balaban J connectivity index is 3.09. The van der Waals surface area contributed by atoms with Gasteiger partial charge >= 0.3 is 0 Å². The fourth-order valence-corrected chi connectivity index (χ4v) is 1.14. The summed E-state index contributed by atoms with van der Waals surface area (Å²) in [4.78, 5) is 13.1. The first kappa shape index (κ1) is 9.25. The summed E-state index contributed by atoms with van der Waals surface area (Å²) in [5, 5.41) is 8.89. The summed E-state index contributed by atoms with van der Waals surface area (Å²) in [5.74, 6) is 0. The van der Waals surface area contributed by atoms with E-state index in [9.17, 15) is 4.79 Å². The zero-order valence-electron chi connectivity index (χ0n) is 6.25. The molecule has 0 saturated heterocycles. The van der Waals surface area contributed by atoms with Crippen molar-refractivity contribution in [2.24, 2.45) is 5.73 Å². The van der Waals surface area contributed by atoms with E-state index in [0.717, 1.165) is 0 Å². The summed E-state index contributed by atoms with van der Waals surface area (Å²) in [7, 11) is 0. The van der Waals surface area contributed by atoms with Gasteiger partial charge in [0.2, 0.25) is 5.56 Å². The molecule has 0 aliphatic carbocycles. The molecule has 0 aromatic carbocycles. The number of aromatic amines is 1. The fourth-order valence-electron chi connectivity index (χ4n) is 0.845. The summed E-state index contributed by atoms with van der Waals surface area (Å²) < 4.78 is 0. The maximum atomic E-state index is 10.7. The number of pyridine rings is 1. The molecule has 0 spiro atoms. The van der Waals surface area contributed by atoms with Crippen LogP contribution in [0.1, 0.15) is 11.6 Å². The summed E-state index contributed by atoms with van der Waals surface area (Å²) in [6, 6.07) is 2.27. The predicted octanol–water partition coefficient (Wildman–Crippen LogP) is 0.0204. The van der Waals surface area contributed by atoms with E-state index in [2.05, 4.69) is 4.98 Å². The molecule has 4 nitrogen and oxygen atoms in total. The van der Waals surface area contributed by atoms with Crippen molar-refractivity contribution < 1.29 is 5.11 Å². The molecule has 4 N–H and O–H groups in total. The maximum Gasteiger partial charge on any atom is 0.249 e. The zero-order chi connectivity index (χ0) is 9.14. The number of halogens is 1. The second kappa shape index (κ2) is 3.71. The highest BCUT2D eigenvalue weighted by atomic mass is 35.5. The lowest BCUT2D eigenvalue weighted by Crippen LogP contribution is -2.17. The van der Waals surface area contributed by atoms with Crippen molar-refractivity contribution in [1.82, 2.24) is 4.98 Å². The Bertz CT molecular complexity index is 323. The van der Waals surface area contributed by atoms with Crippen LogP contribution >= 0.6 is 11.6 Å². The van der Waals surface area contributed by atoms with Crippen LogP contribution in [0, 0.1) is 0 Å². The number of aliphatic hydroxyl groups is 1. The minimum atomic E-state index is -0.547. The number of hydrogen-bond donors (Lipinski definition) is 3. The molecule has 0 fully saturated rings. The van der Waals surface area contributed by atoms with Crippen molar-refractivity contribution in [3.8, 4) is 0 Å². The molecule has 0 saturated carbocycles. The third-order valence-corrected chi connectivity index (χ3v) is 1.81. The van der Waals surface area contributed by atoms with Crippen LogP contribution in [0.15, 0.2) is 16.9 Å². The molecule has 66 valence electrons. The van der Waals surface area contributed by atoms with E-state index in [1.165, 1.54) is 12.1 Å². The van der Waals surface area contributed by atoms with Crippen molar-refractivity contribution in [2.45, 2.75) is 6.04 Å². The molecule has 1 aromatic rings. The molecule has 0 bridgehead atoms. The van der Waals surface area contributed by atoms with Crippen LogP contribution in [0.2, 0.25) is 5.15 Å². The van der Waals surface area contributed by atoms with Gasteiger partial charge in [-0.15, -0.1) is 0 Å². The Morgan fingerprint density at radius 3 is 2.83 bits per heavy atom. The largest absolute Gasteiger partial charge is 0.394 e. The van der Waals surface area contributed by atoms with Crippen LogP contribution in [-0.2, 0) is 0 Å². The molecule has 0 aliphatic heterocycles. The van der Waals surface area contributed by atoms with Crippen LogP contribution in [-0.4, -0.2) is 16.7 Å². The molecular weight excluding hydrogens is 180 g/mol. The topological polar surface area (TPSA) is 79.1 Å². The second-order valence-electron chi connectivity index (χ2n) is 2.38. The van der Waals surface area contributed by atoms with Crippen molar-refractivity contribution in [3.05, 3.63) is 33.2 Å². The number of rotatable bonds is 2. The fraction of sp³-hybridized carbons (Fsp3) is 0.286. The molecule has 1 heterocycles. The van der Waals surface area contributed by atoms with Gasteiger partial charge in [0.25, 0.3) is 0 Å². The highest BCUT2D eigenvalue weighted by Gasteiger charge is 2.08. The van der Waals surface area contributed by atoms with Crippen LogP contribution < -0.4 is 11.3 Å². The van der Waals surface area contributed by atoms with Crippen molar-refractivity contribution in [3.63, 3.8) is 0 Å². The molecule has 5 heteroatoms. The average Bonchev–Trinajstić information content (AvgIpc) is 2.03. The predicted molar refractivity (Wildman–Crippen MR) is 46.1 cm³/mol. The summed E-state index contributed by atoms with van der Waals surface area (Å²) in [6.45, 7) is -0.203. The number of H-pyrrole nitrogens is 1. The first-order valence-electron chi connectivity index (χ1n) is 3.40. The van der Waals surface area contributed by atoms with Crippen molar-refractivity contribution in [1.29, 1.82) is 0 Å². The molecular formula is C7H9ClN2O2. The van der Waals surface area contributed by atoms with E-state index >= 15 is 0 Å². The van der Waals surface area contributed by atoms with Gasteiger partial charge in [-0.05, 0) is 6.07 Å². The highest BCUT2D eigenvalue weighted by Crippen LogP contribution is 2.16. The third kappa shape index (κ3) is 1.85. The minimum absolute atomic E-state index is 0.184. The van der Waals surface area contributed by atoms with Gasteiger partial charge < -0.3 is 15.8 Å². The van der Waals surface area contributed by atoms with Crippen molar-refractivity contribution >= 4 is 11.6 Å². The van der Waals surface area contributed by atoms with Gasteiger partial charge in [-0.2, -0.15) is 0 Å². The minimum Gasteiger partial charge on any atom is -0.394 e. The Labute approximate surface area is 74.0 Å². The number of aromatic nitrogens is 1. The van der Waals surface area contributed by atoms with E-state index in [0.29, 0.717) is 5.56 Å². The van der Waals surface area contributed by atoms with E-state index in [-0.39, 0.29) is 17.3 Å². The molecule has 1 rings (SSSR count). The van der Waals surface area contributed by atoms with Gasteiger partial charge in [-0.25, -0.2) is 0 Å². The first-order valence-corrected chi connectivity index (χ1v) is 3.78. The molecule has 1 aromatic heterocycles. The Hall–Kier alpha value is -0.840. The lowest BCUT2D eigenvalue weighted by Gasteiger charge is -2.08. The van der Waals surface area contributed by atoms with E-state index in [1.807, 2.05) is 0 Å². The first-order chi connectivity index (χ1) is 5.65. The number of hydrogen-bond acceptors (Lipinski definition) is 3. The smallest absolute Gasteiger partial charge is 0.249 e. The molecule has 1 atom stereocenters. The Kier molecular flexibility index (Phi) is 2.86. The quantitative estimate of drug-likeness (QED) is 0.573. The number of aliphatic hydroxyl groups excluding tert-OH is 1. The summed E-state index contributed by atoms with van der Waals surface area (Å²) in [5.41, 5.74) is 5.75. The lowest BCUT2D eigenvalue weighted by atomic mass is 10.1. The van der Waals surface area contributed by atoms with Gasteiger partial charge in [0.05, 0.1) is 12.6 Å². The Morgan fingerprint density at radius 1 is 1.67 bits per heavy atom. The maximum absolute atomic E-state index is 10.7. The lowest BCUT2D eigenvalue weighted by molar-refractivity contribution is 0.268. The van der Waals surface area contributed by atoms with Gasteiger partial charge in [0.15, 0.2) is 0 Å². The zero-order valence-corrected chi connectivity index (χ0v) is 7.01. The standard InChI is InChI=1S/C7H9ClN2O2/c8-7-4(5(9)3-11)1-2-6(12)10-7/h1-2,5,11H,3,9H2,(H,10,12). The van der Waals surface area contributed by atoms with Gasteiger partial charge in [-0.1, -0.05) is 11.6 Å². The van der Waals surface area contributed by atoms with Crippen LogP contribution in [0.5, 0.6) is 0 Å². The van der Waals surface area contributed by atoms with E-state index < -0.39 is 6.04 Å². The normalized spacial score (nSPS) is 12.9. The third-order valence-electron chi connectivity index (χ3n) is 1.50. The monoisotopic (exact) mass is 188 g/mol. The number of nitrogens with one attached hydrogen (secondary N) is 1. The van der Waals surface area contributed by atoms with Gasteiger partial charge in [0, 0.05) is 11.6 Å². The highest BCUT2D eigenvalue weighted by molar-refractivity contribution is 6.30. The Morgan fingerprint density at radius 2 is 2.33 bits per heavy atom. The van der Waals surface area contributed by atoms with Crippen LogP contribution in [0.3, 0.4) is 0 Å².